The molecule has 0 spiro atoms. The molecule has 1 amide bonds. The molecule has 0 aliphatic heterocycles. The lowest BCUT2D eigenvalue weighted by atomic mass is 10.3. The highest BCUT2D eigenvalue weighted by molar-refractivity contribution is 8.00. The lowest BCUT2D eigenvalue weighted by molar-refractivity contribution is -0.115. The molecule has 3 aromatic rings. The van der Waals surface area contributed by atoms with Gasteiger partial charge in [-0.15, -0.1) is 0 Å². The zero-order valence-corrected chi connectivity index (χ0v) is 12.9. The molecule has 1 N–H and O–H groups in total. The van der Waals surface area contributed by atoms with E-state index < -0.39 is 22.8 Å². The van der Waals surface area contributed by atoms with Crippen molar-refractivity contribution in [3.63, 3.8) is 0 Å². The molecular weight excluding hydrogens is 322 g/mol. The molecule has 1 aromatic heterocycles. The van der Waals surface area contributed by atoms with Crippen LogP contribution in [0.1, 0.15) is 6.92 Å². The van der Waals surface area contributed by atoms with Crippen molar-refractivity contribution in [1.29, 1.82) is 0 Å². The van der Waals surface area contributed by atoms with E-state index in [2.05, 4.69) is 10.3 Å². The van der Waals surface area contributed by atoms with Gasteiger partial charge in [-0.2, -0.15) is 0 Å². The van der Waals surface area contributed by atoms with Crippen LogP contribution < -0.4 is 5.32 Å². The molecule has 0 saturated heterocycles. The predicted octanol–water partition coefficient (Wildman–Crippen LogP) is 4.23. The summed E-state index contributed by atoms with van der Waals surface area (Å²) in [6.07, 6.45) is 0. The van der Waals surface area contributed by atoms with Crippen molar-refractivity contribution >= 4 is 34.5 Å². The molecule has 0 radical (unpaired) electrons. The third-order valence-corrected chi connectivity index (χ3v) is 4.05. The van der Waals surface area contributed by atoms with E-state index >= 15 is 0 Å². The summed E-state index contributed by atoms with van der Waals surface area (Å²) >= 11 is 1.10. The molecule has 118 valence electrons. The van der Waals surface area contributed by atoms with E-state index in [-0.39, 0.29) is 5.69 Å². The number of carbonyl (C=O) groups is 1. The lowest BCUT2D eigenvalue weighted by Crippen LogP contribution is -2.23. The number of anilines is 1. The Kier molecular flexibility index (Phi) is 4.29. The quantitative estimate of drug-likeness (QED) is 0.726. The van der Waals surface area contributed by atoms with Crippen LogP contribution in [0.15, 0.2) is 52.1 Å². The maximum atomic E-state index is 13.5. The van der Waals surface area contributed by atoms with E-state index in [1.807, 2.05) is 12.1 Å². The number of thioether (sulfide) groups is 1. The van der Waals surface area contributed by atoms with Crippen molar-refractivity contribution in [3.05, 3.63) is 54.1 Å². The molecule has 1 heterocycles. The molecule has 0 fully saturated rings. The third kappa shape index (κ3) is 3.50. The average Bonchev–Trinajstić information content (AvgIpc) is 2.93. The van der Waals surface area contributed by atoms with Gasteiger partial charge in [0.1, 0.15) is 17.2 Å². The predicted molar refractivity (Wildman–Crippen MR) is 84.3 cm³/mol. The van der Waals surface area contributed by atoms with Crippen LogP contribution in [0.4, 0.5) is 14.5 Å². The number of benzene rings is 2. The second kappa shape index (κ2) is 6.37. The van der Waals surface area contributed by atoms with Crippen LogP contribution >= 0.6 is 11.8 Å². The van der Waals surface area contributed by atoms with Gasteiger partial charge in [-0.3, -0.25) is 4.79 Å². The van der Waals surface area contributed by atoms with Gasteiger partial charge in [0.2, 0.25) is 5.91 Å². The van der Waals surface area contributed by atoms with E-state index in [0.29, 0.717) is 16.3 Å². The van der Waals surface area contributed by atoms with Crippen LogP contribution in [0, 0.1) is 11.6 Å². The van der Waals surface area contributed by atoms with Gasteiger partial charge >= 0.3 is 0 Å². The molecule has 0 bridgehead atoms. The molecule has 7 heteroatoms. The molecule has 3 rings (SSSR count). The first-order valence-corrected chi connectivity index (χ1v) is 7.69. The summed E-state index contributed by atoms with van der Waals surface area (Å²) in [5.74, 6) is -1.79. The summed E-state index contributed by atoms with van der Waals surface area (Å²) < 4.78 is 32.2. The molecule has 1 unspecified atom stereocenters. The van der Waals surface area contributed by atoms with E-state index in [4.69, 9.17) is 4.42 Å². The van der Waals surface area contributed by atoms with Crippen molar-refractivity contribution in [2.75, 3.05) is 5.32 Å². The Morgan fingerprint density at radius 1 is 1.26 bits per heavy atom. The molecule has 2 aromatic carbocycles. The van der Waals surface area contributed by atoms with Crippen molar-refractivity contribution in [1.82, 2.24) is 4.98 Å². The number of fused-ring (bicyclic) bond motifs is 1. The minimum absolute atomic E-state index is 0.194. The Morgan fingerprint density at radius 3 is 2.83 bits per heavy atom. The molecule has 4 nitrogen and oxygen atoms in total. The summed E-state index contributed by atoms with van der Waals surface area (Å²) in [7, 11) is 0. The Labute approximate surface area is 134 Å². The lowest BCUT2D eigenvalue weighted by Gasteiger charge is -2.10. The van der Waals surface area contributed by atoms with Crippen molar-refractivity contribution < 1.29 is 18.0 Å². The van der Waals surface area contributed by atoms with Gasteiger partial charge in [0.05, 0.1) is 10.9 Å². The zero-order valence-electron chi connectivity index (χ0n) is 12.0. The van der Waals surface area contributed by atoms with E-state index in [1.165, 1.54) is 0 Å². The van der Waals surface area contributed by atoms with E-state index in [1.54, 1.807) is 19.1 Å². The molecule has 0 aliphatic rings. The van der Waals surface area contributed by atoms with Gasteiger partial charge < -0.3 is 9.73 Å². The second-order valence-electron chi connectivity index (χ2n) is 4.82. The highest BCUT2D eigenvalue weighted by atomic mass is 32.2. The van der Waals surface area contributed by atoms with Crippen LogP contribution in [0.25, 0.3) is 11.1 Å². The van der Waals surface area contributed by atoms with Crippen molar-refractivity contribution in [2.24, 2.45) is 0 Å². The number of para-hydroxylation sites is 2. The Hall–Kier alpha value is -2.41. The highest BCUT2D eigenvalue weighted by Gasteiger charge is 2.19. The molecule has 0 saturated carbocycles. The van der Waals surface area contributed by atoms with Gasteiger partial charge in [-0.1, -0.05) is 23.9 Å². The van der Waals surface area contributed by atoms with Gasteiger partial charge in [0.15, 0.2) is 5.58 Å². The van der Waals surface area contributed by atoms with Gasteiger partial charge in [0, 0.05) is 6.07 Å². The number of amides is 1. The fourth-order valence-electron chi connectivity index (χ4n) is 1.93. The number of halogens is 2. The number of carbonyl (C=O) groups excluding carboxylic acids is 1. The molecule has 1 atom stereocenters. The van der Waals surface area contributed by atoms with Gasteiger partial charge in [-0.05, 0) is 31.2 Å². The number of aromatic nitrogens is 1. The maximum absolute atomic E-state index is 13.5. The van der Waals surface area contributed by atoms with Crippen LogP contribution in [0.2, 0.25) is 0 Å². The standard InChI is InChI=1S/C16H12F2N2O2S/c1-9(15(21)19-13-8-10(17)6-7-11(13)18)23-16-20-12-4-2-3-5-14(12)22-16/h2-9H,1H3,(H,19,21). The normalized spacial score (nSPS) is 12.3. The molecule has 0 aliphatic carbocycles. The number of hydrogen-bond donors (Lipinski definition) is 1. The van der Waals surface area contributed by atoms with Crippen molar-refractivity contribution in [2.45, 2.75) is 17.4 Å². The smallest absolute Gasteiger partial charge is 0.257 e. The van der Waals surface area contributed by atoms with Crippen LogP contribution in [-0.2, 0) is 4.79 Å². The first kappa shape index (κ1) is 15.5. The second-order valence-corrected chi connectivity index (χ2v) is 6.11. The largest absolute Gasteiger partial charge is 0.431 e. The van der Waals surface area contributed by atoms with Crippen LogP contribution in [0.5, 0.6) is 0 Å². The summed E-state index contributed by atoms with van der Waals surface area (Å²) in [6, 6.07) is 10.1. The number of rotatable bonds is 4. The Balaban J connectivity index is 1.71. The van der Waals surface area contributed by atoms with Crippen LogP contribution in [0.3, 0.4) is 0 Å². The fourth-order valence-corrected chi connectivity index (χ4v) is 2.69. The number of nitrogens with zero attached hydrogens (tertiary/aromatic N) is 1. The Morgan fingerprint density at radius 2 is 2.04 bits per heavy atom. The average molecular weight is 334 g/mol. The maximum Gasteiger partial charge on any atom is 0.257 e. The van der Waals surface area contributed by atoms with Gasteiger partial charge in [0.25, 0.3) is 5.22 Å². The third-order valence-electron chi connectivity index (χ3n) is 3.11. The van der Waals surface area contributed by atoms with Crippen molar-refractivity contribution in [3.8, 4) is 0 Å². The van der Waals surface area contributed by atoms with Gasteiger partial charge in [-0.25, -0.2) is 13.8 Å². The van der Waals surface area contributed by atoms with E-state index in [9.17, 15) is 13.6 Å². The monoisotopic (exact) mass is 334 g/mol. The topological polar surface area (TPSA) is 55.1 Å². The summed E-state index contributed by atoms with van der Waals surface area (Å²) in [6.45, 7) is 1.63. The number of nitrogens with one attached hydrogen (secondary N) is 1. The Bertz CT molecular complexity index is 833. The minimum atomic E-state index is -0.696. The summed E-state index contributed by atoms with van der Waals surface area (Å²) in [5, 5.41) is 2.11. The van der Waals surface area contributed by atoms with Crippen LogP contribution in [-0.4, -0.2) is 16.1 Å². The summed E-state index contributed by atoms with van der Waals surface area (Å²) in [4.78, 5) is 16.4. The number of oxazole rings is 1. The SMILES string of the molecule is CC(Sc1nc2ccccc2o1)C(=O)Nc1cc(F)ccc1F. The minimum Gasteiger partial charge on any atom is -0.431 e. The highest BCUT2D eigenvalue weighted by Crippen LogP contribution is 2.27. The summed E-state index contributed by atoms with van der Waals surface area (Å²) in [5.41, 5.74) is 1.12. The number of hydrogen-bond acceptors (Lipinski definition) is 4. The fraction of sp³-hybridized carbons (Fsp3) is 0.125. The first-order chi connectivity index (χ1) is 11.0. The zero-order chi connectivity index (χ0) is 16.4. The first-order valence-electron chi connectivity index (χ1n) is 6.81. The molecular formula is C16H12F2N2O2S. The molecule has 23 heavy (non-hydrogen) atoms. The van der Waals surface area contributed by atoms with E-state index in [0.717, 1.165) is 30.0 Å².